The number of hydrogen-bond donors (Lipinski definition) is 0. The minimum Gasteiger partial charge on any atom is -0.134 e. The molecule has 36 heavy (non-hydrogen) atoms. The third-order valence-corrected chi connectivity index (χ3v) is 15.0. The van der Waals surface area contributed by atoms with Gasteiger partial charge < -0.3 is 0 Å². The minimum absolute atomic E-state index is 1.20. The Morgan fingerprint density at radius 1 is 0.389 bits per heavy atom. The summed E-state index contributed by atoms with van der Waals surface area (Å²) in [6, 6.07) is 18.3. The fourth-order valence-electron chi connectivity index (χ4n) is 4.24. The minimum atomic E-state index is 1.20. The van der Waals surface area contributed by atoms with E-state index in [0.29, 0.717) is 0 Å². The molecular formula is C28H20Br2S6. The highest BCUT2D eigenvalue weighted by Crippen LogP contribution is 2.49. The molecule has 0 aliphatic rings. The third-order valence-electron chi connectivity index (χ3n) is 5.96. The highest BCUT2D eigenvalue weighted by molar-refractivity contribution is 9.11. The van der Waals surface area contributed by atoms with E-state index in [1.807, 2.05) is 68.0 Å². The molecule has 0 radical (unpaired) electrons. The molecule has 0 nitrogen and oxygen atoms in total. The molecule has 182 valence electrons. The quantitative estimate of drug-likeness (QED) is 0.167. The fraction of sp³-hybridized carbons (Fsp3) is 0.143. The van der Waals surface area contributed by atoms with E-state index in [-0.39, 0.29) is 0 Å². The Bertz CT molecular complexity index is 1590. The van der Waals surface area contributed by atoms with Crippen LogP contribution in [0.15, 0.2) is 56.1 Å². The maximum absolute atomic E-state index is 3.65. The van der Waals surface area contributed by atoms with Gasteiger partial charge in [0.25, 0.3) is 0 Å². The topological polar surface area (TPSA) is 0 Å². The van der Waals surface area contributed by atoms with Crippen LogP contribution in [0.25, 0.3) is 48.8 Å². The van der Waals surface area contributed by atoms with Crippen molar-refractivity contribution in [3.63, 3.8) is 0 Å². The zero-order valence-electron chi connectivity index (χ0n) is 19.8. The van der Waals surface area contributed by atoms with Crippen LogP contribution >= 0.6 is 99.9 Å². The van der Waals surface area contributed by atoms with Gasteiger partial charge in [0.2, 0.25) is 0 Å². The predicted octanol–water partition coefficient (Wildman–Crippen LogP) is 13.1. The molecule has 0 amide bonds. The normalized spacial score (nSPS) is 11.6. The van der Waals surface area contributed by atoms with Crippen LogP contribution in [0, 0.1) is 27.7 Å². The van der Waals surface area contributed by atoms with E-state index in [2.05, 4.69) is 108 Å². The molecule has 0 aliphatic heterocycles. The molecule has 0 saturated heterocycles. The van der Waals surface area contributed by atoms with Gasteiger partial charge in [-0.2, -0.15) is 0 Å². The maximum Gasteiger partial charge on any atom is 0.0708 e. The molecular weight excluding hydrogens is 689 g/mol. The highest BCUT2D eigenvalue weighted by atomic mass is 79.9. The zero-order chi connectivity index (χ0) is 25.1. The first-order valence-electron chi connectivity index (χ1n) is 11.2. The molecule has 6 rings (SSSR count). The van der Waals surface area contributed by atoms with Crippen LogP contribution in [0.5, 0.6) is 0 Å². The van der Waals surface area contributed by atoms with E-state index in [1.54, 1.807) is 0 Å². The summed E-state index contributed by atoms with van der Waals surface area (Å²) in [5.41, 5.74) is 5.39. The summed E-state index contributed by atoms with van der Waals surface area (Å²) in [6.07, 6.45) is 0. The van der Waals surface area contributed by atoms with Crippen LogP contribution in [0.1, 0.15) is 22.3 Å². The second-order valence-corrected chi connectivity index (χ2v) is 17.8. The van der Waals surface area contributed by atoms with E-state index >= 15 is 0 Å². The van der Waals surface area contributed by atoms with Crippen LogP contribution in [0.4, 0.5) is 0 Å². The van der Waals surface area contributed by atoms with Crippen molar-refractivity contribution in [3.8, 4) is 48.8 Å². The number of thiophene rings is 6. The second kappa shape index (κ2) is 10.0. The van der Waals surface area contributed by atoms with Gasteiger partial charge >= 0.3 is 0 Å². The molecule has 0 spiro atoms. The number of halogens is 2. The SMILES string of the molecule is Cc1cc(Br)sc1-c1cc(C)c(-c2ccc(-c3ccc(-c4sc(-c5sc(Br)cc5C)cc4C)s3)s2)s1. The molecule has 0 atom stereocenters. The first kappa shape index (κ1) is 25.4. The van der Waals surface area contributed by atoms with Gasteiger partial charge in [-0.15, -0.1) is 68.0 Å². The molecule has 0 aliphatic carbocycles. The summed E-state index contributed by atoms with van der Waals surface area (Å²) in [5, 5.41) is 0. The van der Waals surface area contributed by atoms with Crippen LogP contribution in [-0.2, 0) is 0 Å². The Hall–Kier alpha value is -0.840. The first-order valence-corrected chi connectivity index (χ1v) is 17.7. The summed E-state index contributed by atoms with van der Waals surface area (Å²) in [6.45, 7) is 8.87. The fourth-order valence-corrected chi connectivity index (χ4v) is 12.8. The van der Waals surface area contributed by atoms with E-state index < -0.39 is 0 Å². The average Bonchev–Trinajstić information content (AvgIpc) is 3.63. The summed E-state index contributed by atoms with van der Waals surface area (Å²) in [5.74, 6) is 0. The third kappa shape index (κ3) is 4.73. The Labute approximate surface area is 252 Å². The van der Waals surface area contributed by atoms with Crippen molar-refractivity contribution >= 4 is 99.9 Å². The van der Waals surface area contributed by atoms with Crippen molar-refractivity contribution in [1.29, 1.82) is 0 Å². The van der Waals surface area contributed by atoms with Gasteiger partial charge in [-0.25, -0.2) is 0 Å². The molecule has 0 aromatic carbocycles. The largest absolute Gasteiger partial charge is 0.134 e. The number of aryl methyl sites for hydroxylation is 4. The lowest BCUT2D eigenvalue weighted by Gasteiger charge is -1.96. The van der Waals surface area contributed by atoms with E-state index in [9.17, 15) is 0 Å². The number of rotatable bonds is 5. The Balaban J connectivity index is 1.29. The van der Waals surface area contributed by atoms with Crippen molar-refractivity contribution < 1.29 is 0 Å². The van der Waals surface area contributed by atoms with Crippen molar-refractivity contribution in [1.82, 2.24) is 0 Å². The lowest BCUT2D eigenvalue weighted by atomic mass is 10.2. The maximum atomic E-state index is 3.65. The molecule has 6 aromatic heterocycles. The molecule has 0 N–H and O–H groups in total. The van der Waals surface area contributed by atoms with Crippen LogP contribution in [0.2, 0.25) is 0 Å². The average molecular weight is 709 g/mol. The van der Waals surface area contributed by atoms with Crippen LogP contribution in [0.3, 0.4) is 0 Å². The Morgan fingerprint density at radius 2 is 0.722 bits per heavy atom. The number of hydrogen-bond acceptors (Lipinski definition) is 6. The Kier molecular flexibility index (Phi) is 7.10. The van der Waals surface area contributed by atoms with Gasteiger partial charge in [0.1, 0.15) is 0 Å². The second-order valence-electron chi connectivity index (χ2n) is 8.70. The zero-order valence-corrected chi connectivity index (χ0v) is 27.9. The summed E-state index contributed by atoms with van der Waals surface area (Å²) < 4.78 is 2.39. The molecule has 6 heterocycles. The molecule has 0 fully saturated rings. The summed E-state index contributed by atoms with van der Waals surface area (Å²) in [4.78, 5) is 13.6. The van der Waals surface area contributed by atoms with Gasteiger partial charge in [-0.05, 0) is 130 Å². The molecule has 0 saturated carbocycles. The van der Waals surface area contributed by atoms with Gasteiger partial charge in [-0.3, -0.25) is 0 Å². The Morgan fingerprint density at radius 3 is 1.08 bits per heavy atom. The molecule has 6 aromatic rings. The van der Waals surface area contributed by atoms with Crippen molar-refractivity contribution in [2.45, 2.75) is 27.7 Å². The predicted molar refractivity (Wildman–Crippen MR) is 175 cm³/mol. The van der Waals surface area contributed by atoms with E-state index in [4.69, 9.17) is 0 Å². The lowest BCUT2D eigenvalue weighted by Crippen LogP contribution is -1.68. The molecule has 0 unspecified atom stereocenters. The highest BCUT2D eigenvalue weighted by Gasteiger charge is 2.18. The molecule has 0 bridgehead atoms. The van der Waals surface area contributed by atoms with Crippen LogP contribution in [-0.4, -0.2) is 0 Å². The van der Waals surface area contributed by atoms with Gasteiger partial charge in [0.15, 0.2) is 0 Å². The summed E-state index contributed by atoms with van der Waals surface area (Å²) in [7, 11) is 0. The smallest absolute Gasteiger partial charge is 0.0708 e. The van der Waals surface area contributed by atoms with Crippen molar-refractivity contribution in [3.05, 3.63) is 78.4 Å². The van der Waals surface area contributed by atoms with Crippen LogP contribution < -0.4 is 0 Å². The monoisotopic (exact) mass is 706 g/mol. The molecule has 8 heteroatoms. The van der Waals surface area contributed by atoms with E-state index in [0.717, 1.165) is 0 Å². The summed E-state index contributed by atoms with van der Waals surface area (Å²) >= 11 is 18.6. The van der Waals surface area contributed by atoms with Gasteiger partial charge in [0.05, 0.1) is 7.57 Å². The van der Waals surface area contributed by atoms with E-state index in [1.165, 1.54) is 78.6 Å². The standard InChI is InChI=1S/C28H20Br2S6/c1-13-9-21(27-15(3)11-23(29)35-27)33-25(13)19-7-5-17(31-19)18-6-8-20(32-18)26-14(2)10-22(34-26)28-16(4)12-24(30)36-28/h5-12H,1-4H3. The van der Waals surface area contributed by atoms with Gasteiger partial charge in [0, 0.05) is 48.8 Å². The van der Waals surface area contributed by atoms with Crippen molar-refractivity contribution in [2.24, 2.45) is 0 Å². The lowest BCUT2D eigenvalue weighted by molar-refractivity contribution is 1.53. The van der Waals surface area contributed by atoms with Gasteiger partial charge in [-0.1, -0.05) is 0 Å². The first-order chi connectivity index (χ1) is 17.3. The van der Waals surface area contributed by atoms with Crippen molar-refractivity contribution in [2.75, 3.05) is 0 Å².